The molecule has 2 aliphatic rings. The van der Waals surface area contributed by atoms with E-state index in [1.54, 1.807) is 11.2 Å². The van der Waals surface area contributed by atoms with Crippen LogP contribution >= 0.6 is 0 Å². The van der Waals surface area contributed by atoms with E-state index in [4.69, 9.17) is 4.42 Å². The second kappa shape index (κ2) is 6.21. The molecule has 0 bridgehead atoms. The van der Waals surface area contributed by atoms with Gasteiger partial charge in [-0.1, -0.05) is 0 Å². The summed E-state index contributed by atoms with van der Waals surface area (Å²) in [6.45, 7) is 2.48. The largest absolute Gasteiger partial charge is 0.481 e. The smallest absolute Gasteiger partial charge is 0.308 e. The molecule has 25 heavy (non-hydrogen) atoms. The van der Waals surface area contributed by atoms with Crippen molar-refractivity contribution in [2.24, 2.45) is 5.92 Å². The van der Waals surface area contributed by atoms with E-state index in [1.165, 1.54) is 17.5 Å². The lowest BCUT2D eigenvalue weighted by Crippen LogP contribution is -2.49. The number of carbonyl (C=O) groups is 2. The Bertz CT molecular complexity index is 838. The van der Waals surface area contributed by atoms with Gasteiger partial charge in [-0.25, -0.2) is 0 Å². The zero-order chi connectivity index (χ0) is 17.6. The van der Waals surface area contributed by atoms with Gasteiger partial charge in [0.05, 0.1) is 18.6 Å². The molecular formula is C20H23NO4. The molecule has 2 atom stereocenters. The van der Waals surface area contributed by atoms with Crippen molar-refractivity contribution < 1.29 is 19.1 Å². The third-order valence-corrected chi connectivity index (χ3v) is 5.84. The number of furan rings is 1. The molecule has 2 heterocycles. The number of aliphatic carboxylic acids is 1. The third kappa shape index (κ3) is 2.81. The van der Waals surface area contributed by atoms with E-state index in [0.29, 0.717) is 13.0 Å². The number of nitrogens with zero attached hydrogens (tertiary/aromatic N) is 1. The first-order valence-corrected chi connectivity index (χ1v) is 9.08. The number of carboxylic acids is 1. The van der Waals surface area contributed by atoms with Gasteiger partial charge in [0.2, 0.25) is 5.91 Å². The van der Waals surface area contributed by atoms with E-state index in [1.807, 2.05) is 6.92 Å². The summed E-state index contributed by atoms with van der Waals surface area (Å²) in [5.41, 5.74) is 4.46. The first kappa shape index (κ1) is 16.2. The lowest BCUT2D eigenvalue weighted by atomic mass is 9.90. The highest BCUT2D eigenvalue weighted by Crippen LogP contribution is 2.31. The van der Waals surface area contributed by atoms with Gasteiger partial charge < -0.3 is 14.4 Å². The summed E-state index contributed by atoms with van der Waals surface area (Å²) in [7, 11) is 0. The average Bonchev–Trinajstić information content (AvgIpc) is 3.19. The van der Waals surface area contributed by atoms with Gasteiger partial charge in [0.25, 0.3) is 0 Å². The number of aryl methyl sites for hydroxylation is 2. The van der Waals surface area contributed by atoms with Crippen LogP contribution in [0.25, 0.3) is 11.0 Å². The second-order valence-electron chi connectivity index (χ2n) is 7.32. The highest BCUT2D eigenvalue weighted by Gasteiger charge is 2.35. The van der Waals surface area contributed by atoms with E-state index >= 15 is 0 Å². The molecule has 5 heteroatoms. The van der Waals surface area contributed by atoms with E-state index in [-0.39, 0.29) is 18.4 Å². The van der Waals surface area contributed by atoms with Crippen LogP contribution in [0.2, 0.25) is 0 Å². The Hall–Kier alpha value is -2.30. The molecule has 5 nitrogen and oxygen atoms in total. The maximum atomic E-state index is 12.8. The molecule has 0 unspecified atom stereocenters. The number of carbonyl (C=O) groups excluding carboxylic acids is 1. The molecular weight excluding hydrogens is 318 g/mol. The molecule has 2 aromatic rings. The quantitative estimate of drug-likeness (QED) is 0.931. The summed E-state index contributed by atoms with van der Waals surface area (Å²) in [5.74, 6) is -1.29. The van der Waals surface area contributed by atoms with Crippen molar-refractivity contribution in [2.45, 2.75) is 51.5 Å². The fourth-order valence-corrected chi connectivity index (χ4v) is 4.37. The number of likely N-dealkylation sites (tertiary alicyclic amines) is 1. The number of piperidine rings is 1. The van der Waals surface area contributed by atoms with E-state index in [9.17, 15) is 14.7 Å². The highest BCUT2D eigenvalue weighted by atomic mass is 16.4. The van der Waals surface area contributed by atoms with Crippen molar-refractivity contribution in [3.8, 4) is 0 Å². The van der Waals surface area contributed by atoms with Gasteiger partial charge in [-0.05, 0) is 62.3 Å². The Balaban J connectivity index is 1.56. The van der Waals surface area contributed by atoms with Gasteiger partial charge in [-0.3, -0.25) is 9.59 Å². The Labute approximate surface area is 146 Å². The minimum Gasteiger partial charge on any atom is -0.481 e. The van der Waals surface area contributed by atoms with Crippen molar-refractivity contribution in [2.75, 3.05) is 6.54 Å². The van der Waals surface area contributed by atoms with E-state index in [0.717, 1.165) is 35.8 Å². The average molecular weight is 341 g/mol. The van der Waals surface area contributed by atoms with E-state index in [2.05, 4.69) is 12.1 Å². The molecule has 1 aliphatic heterocycles. The van der Waals surface area contributed by atoms with Gasteiger partial charge in [0, 0.05) is 23.5 Å². The summed E-state index contributed by atoms with van der Waals surface area (Å²) in [4.78, 5) is 25.9. The summed E-state index contributed by atoms with van der Waals surface area (Å²) in [6.07, 6.45) is 6.70. The zero-order valence-corrected chi connectivity index (χ0v) is 14.5. The second-order valence-corrected chi connectivity index (χ2v) is 7.32. The summed E-state index contributed by atoms with van der Waals surface area (Å²) in [6, 6.07) is 4.01. The number of hydrogen-bond acceptors (Lipinski definition) is 3. The molecule has 1 aliphatic carbocycles. The minimum absolute atomic E-state index is 0.0124. The van der Waals surface area contributed by atoms with Gasteiger partial charge in [-0.2, -0.15) is 0 Å². The van der Waals surface area contributed by atoms with Crippen molar-refractivity contribution in [1.82, 2.24) is 4.90 Å². The van der Waals surface area contributed by atoms with Crippen LogP contribution in [0.15, 0.2) is 22.8 Å². The topological polar surface area (TPSA) is 70.8 Å². The molecule has 1 aromatic carbocycles. The first-order chi connectivity index (χ1) is 12.0. The van der Waals surface area contributed by atoms with Crippen LogP contribution in [0.1, 0.15) is 42.9 Å². The van der Waals surface area contributed by atoms with Gasteiger partial charge in [0.1, 0.15) is 5.58 Å². The molecule has 0 spiro atoms. The monoisotopic (exact) mass is 341 g/mol. The molecule has 1 N–H and O–H groups in total. The maximum absolute atomic E-state index is 12.8. The third-order valence-electron chi connectivity index (χ3n) is 5.84. The minimum atomic E-state index is -0.811. The maximum Gasteiger partial charge on any atom is 0.308 e. The number of amides is 1. The molecule has 0 saturated carbocycles. The molecule has 1 aromatic heterocycles. The fourth-order valence-electron chi connectivity index (χ4n) is 4.37. The van der Waals surface area contributed by atoms with E-state index < -0.39 is 11.9 Å². The van der Waals surface area contributed by atoms with Gasteiger partial charge >= 0.3 is 5.97 Å². The Morgan fingerprint density at radius 1 is 1.24 bits per heavy atom. The van der Waals surface area contributed by atoms with Crippen molar-refractivity contribution >= 4 is 22.8 Å². The molecule has 1 fully saturated rings. The van der Waals surface area contributed by atoms with Crippen molar-refractivity contribution in [3.63, 3.8) is 0 Å². The van der Waals surface area contributed by atoms with Crippen LogP contribution < -0.4 is 0 Å². The Kier molecular flexibility index (Phi) is 4.02. The molecule has 0 radical (unpaired) electrons. The van der Waals surface area contributed by atoms with Crippen LogP contribution in [0.5, 0.6) is 0 Å². The van der Waals surface area contributed by atoms with Crippen molar-refractivity contribution in [3.05, 3.63) is 35.1 Å². The number of benzene rings is 1. The lowest BCUT2D eigenvalue weighted by Gasteiger charge is -2.37. The predicted octanol–water partition coefficient (Wildman–Crippen LogP) is 3.18. The molecule has 1 saturated heterocycles. The Morgan fingerprint density at radius 3 is 2.76 bits per heavy atom. The SMILES string of the molecule is C[C@@H]1[C@H](C(=O)O)CCCN1C(=O)Cc1coc2cc3c(cc12)CCC3. The fraction of sp³-hybridized carbons (Fsp3) is 0.500. The lowest BCUT2D eigenvalue weighted by molar-refractivity contribution is -0.148. The number of rotatable bonds is 3. The van der Waals surface area contributed by atoms with Gasteiger partial charge in [-0.15, -0.1) is 0 Å². The normalized spacial score (nSPS) is 23.0. The van der Waals surface area contributed by atoms with Crippen molar-refractivity contribution in [1.29, 1.82) is 0 Å². The Morgan fingerprint density at radius 2 is 2.00 bits per heavy atom. The number of carboxylic acid groups (broad SMARTS) is 1. The molecule has 1 amide bonds. The van der Waals surface area contributed by atoms with Crippen LogP contribution in [0.3, 0.4) is 0 Å². The highest BCUT2D eigenvalue weighted by molar-refractivity contribution is 5.89. The molecule has 4 rings (SSSR count). The summed E-state index contributed by atoms with van der Waals surface area (Å²) < 4.78 is 5.68. The zero-order valence-electron chi connectivity index (χ0n) is 14.5. The number of hydrogen-bond donors (Lipinski definition) is 1. The van der Waals surface area contributed by atoms with Crippen LogP contribution in [0, 0.1) is 5.92 Å². The van der Waals surface area contributed by atoms with Gasteiger partial charge in [0.15, 0.2) is 0 Å². The summed E-state index contributed by atoms with van der Waals surface area (Å²) in [5, 5.41) is 10.4. The van der Waals surface area contributed by atoms with Crippen LogP contribution in [0.4, 0.5) is 0 Å². The van der Waals surface area contributed by atoms with Crippen LogP contribution in [-0.4, -0.2) is 34.5 Å². The summed E-state index contributed by atoms with van der Waals surface area (Å²) >= 11 is 0. The molecule has 132 valence electrons. The predicted molar refractivity (Wildman–Crippen MR) is 93.5 cm³/mol. The standard InChI is InChI=1S/C20H23NO4/c1-12-16(20(23)24)6-3-7-21(12)19(22)10-15-11-25-18-9-14-5-2-4-13(14)8-17(15)18/h8-9,11-12,16H,2-7,10H2,1H3,(H,23,24)/t12-,16-/m1/s1. The number of fused-ring (bicyclic) bond motifs is 2. The first-order valence-electron chi connectivity index (χ1n) is 9.08. The van der Waals surface area contributed by atoms with Crippen LogP contribution in [-0.2, 0) is 28.9 Å².